The van der Waals surface area contributed by atoms with Crippen molar-refractivity contribution in [3.05, 3.63) is 10.4 Å². The third-order valence-corrected chi connectivity index (χ3v) is 2.60. The average molecular weight is 199 g/mol. The molecule has 0 heterocycles. The first-order valence-electron chi connectivity index (χ1n) is 4.50. The highest BCUT2D eigenvalue weighted by Gasteiger charge is 2.47. The zero-order chi connectivity index (χ0) is 10.6. The number of carbonyl (C=O) groups is 1. The van der Waals surface area contributed by atoms with E-state index in [4.69, 9.17) is 5.53 Å². The van der Waals surface area contributed by atoms with Crippen molar-refractivity contribution < 1.29 is 14.6 Å². The minimum Gasteiger partial charge on any atom is -0.468 e. The van der Waals surface area contributed by atoms with Crippen LogP contribution in [-0.2, 0) is 9.53 Å². The molecule has 78 valence electrons. The van der Waals surface area contributed by atoms with Crippen molar-refractivity contribution in [1.82, 2.24) is 0 Å². The lowest BCUT2D eigenvalue weighted by molar-refractivity contribution is -0.153. The van der Waals surface area contributed by atoms with Gasteiger partial charge in [-0.25, -0.2) is 0 Å². The molecule has 0 bridgehead atoms. The smallest absolute Gasteiger partial charge is 0.320 e. The number of aliphatic hydroxyl groups excluding tert-OH is 1. The molecule has 0 aliphatic heterocycles. The molecule has 2 unspecified atom stereocenters. The maximum Gasteiger partial charge on any atom is 0.320 e. The maximum absolute atomic E-state index is 11.4. The van der Waals surface area contributed by atoms with Crippen molar-refractivity contribution in [2.45, 2.75) is 37.3 Å². The summed E-state index contributed by atoms with van der Waals surface area (Å²) in [7, 11) is 1.22. The van der Waals surface area contributed by atoms with E-state index in [9.17, 15) is 9.90 Å². The average Bonchev–Trinajstić information content (AvgIpc) is 2.20. The Kier molecular flexibility index (Phi) is 3.33. The Balaban J connectivity index is 3.00. The van der Waals surface area contributed by atoms with E-state index in [1.165, 1.54) is 7.11 Å². The zero-order valence-corrected chi connectivity index (χ0v) is 8.01. The van der Waals surface area contributed by atoms with Crippen LogP contribution in [-0.4, -0.2) is 29.8 Å². The SMILES string of the molecule is COC(=O)C1(N=[N+]=[N-])CCCCC1O. The van der Waals surface area contributed by atoms with Crippen LogP contribution >= 0.6 is 0 Å². The minimum absolute atomic E-state index is 0.352. The minimum atomic E-state index is -1.40. The molecule has 1 fully saturated rings. The quantitative estimate of drug-likeness (QED) is 0.312. The van der Waals surface area contributed by atoms with Crippen LogP contribution in [0.5, 0.6) is 0 Å². The van der Waals surface area contributed by atoms with E-state index in [1.54, 1.807) is 0 Å². The number of methoxy groups -OCH3 is 1. The molecule has 2 atom stereocenters. The summed E-state index contributed by atoms with van der Waals surface area (Å²) in [6.07, 6.45) is 1.48. The molecular weight excluding hydrogens is 186 g/mol. The third-order valence-electron chi connectivity index (χ3n) is 2.60. The maximum atomic E-state index is 11.4. The lowest BCUT2D eigenvalue weighted by Gasteiger charge is -2.34. The second-order valence-electron chi connectivity index (χ2n) is 3.37. The van der Waals surface area contributed by atoms with Crippen LogP contribution in [0, 0.1) is 0 Å². The van der Waals surface area contributed by atoms with Crippen molar-refractivity contribution in [2.75, 3.05) is 7.11 Å². The number of ether oxygens (including phenoxy) is 1. The molecule has 1 aliphatic rings. The normalized spacial score (nSPS) is 31.7. The second kappa shape index (κ2) is 4.30. The Morgan fingerprint density at radius 3 is 2.93 bits per heavy atom. The van der Waals surface area contributed by atoms with E-state index < -0.39 is 17.6 Å². The van der Waals surface area contributed by atoms with Gasteiger partial charge in [0.15, 0.2) is 5.54 Å². The molecule has 1 aliphatic carbocycles. The molecule has 1 saturated carbocycles. The van der Waals surface area contributed by atoms with Gasteiger partial charge in [0.05, 0.1) is 13.2 Å². The van der Waals surface area contributed by atoms with Gasteiger partial charge in [-0.1, -0.05) is 18.0 Å². The molecule has 0 saturated heterocycles. The van der Waals surface area contributed by atoms with Crippen LogP contribution in [0.15, 0.2) is 5.11 Å². The van der Waals surface area contributed by atoms with Gasteiger partial charge in [0.1, 0.15) is 0 Å². The summed E-state index contributed by atoms with van der Waals surface area (Å²) in [6, 6.07) is 0. The predicted molar refractivity (Wildman–Crippen MR) is 48.4 cm³/mol. The summed E-state index contributed by atoms with van der Waals surface area (Å²) >= 11 is 0. The number of esters is 1. The highest BCUT2D eigenvalue weighted by Crippen LogP contribution is 2.33. The van der Waals surface area contributed by atoms with Gasteiger partial charge in [-0.05, 0) is 18.4 Å². The first kappa shape index (κ1) is 10.8. The predicted octanol–water partition coefficient (Wildman–Crippen LogP) is 1.14. The van der Waals surface area contributed by atoms with Gasteiger partial charge in [-0.2, -0.15) is 0 Å². The van der Waals surface area contributed by atoms with Gasteiger partial charge >= 0.3 is 5.97 Å². The van der Waals surface area contributed by atoms with Gasteiger partial charge in [0.25, 0.3) is 0 Å². The fraction of sp³-hybridized carbons (Fsp3) is 0.875. The summed E-state index contributed by atoms with van der Waals surface area (Å²) in [5, 5.41) is 13.1. The molecule has 14 heavy (non-hydrogen) atoms. The molecule has 0 spiro atoms. The Bertz CT molecular complexity index is 275. The zero-order valence-electron chi connectivity index (χ0n) is 8.01. The largest absolute Gasteiger partial charge is 0.468 e. The number of carbonyl (C=O) groups excluding carboxylic acids is 1. The molecule has 1 N–H and O–H groups in total. The number of hydrogen-bond donors (Lipinski definition) is 1. The van der Waals surface area contributed by atoms with Gasteiger partial charge in [-0.15, -0.1) is 0 Å². The highest BCUT2D eigenvalue weighted by atomic mass is 16.5. The van der Waals surface area contributed by atoms with E-state index in [2.05, 4.69) is 14.8 Å². The van der Waals surface area contributed by atoms with Crippen molar-refractivity contribution in [3.63, 3.8) is 0 Å². The summed E-state index contributed by atoms with van der Waals surface area (Å²) in [5.74, 6) is -0.650. The number of rotatable bonds is 2. The molecule has 6 heteroatoms. The molecule has 0 aromatic carbocycles. The first-order valence-corrected chi connectivity index (χ1v) is 4.50. The van der Waals surface area contributed by atoms with E-state index in [-0.39, 0.29) is 0 Å². The van der Waals surface area contributed by atoms with Gasteiger partial charge in [0.2, 0.25) is 0 Å². The standard InChI is InChI=1S/C8H13N3O3/c1-14-7(13)8(10-11-9)5-3-2-4-6(8)12/h6,12H,2-5H2,1H3. The number of nitrogens with zero attached hydrogens (tertiary/aromatic N) is 3. The lowest BCUT2D eigenvalue weighted by atomic mass is 9.80. The van der Waals surface area contributed by atoms with Crippen molar-refractivity contribution in [1.29, 1.82) is 0 Å². The number of hydrogen-bond acceptors (Lipinski definition) is 4. The van der Waals surface area contributed by atoms with Gasteiger partial charge in [-0.3, -0.25) is 4.79 Å². The van der Waals surface area contributed by atoms with Crippen LogP contribution in [0.1, 0.15) is 25.7 Å². The topological polar surface area (TPSA) is 95.3 Å². The molecule has 6 nitrogen and oxygen atoms in total. The Labute approximate surface area is 81.5 Å². The van der Waals surface area contributed by atoms with E-state index in [1.807, 2.05) is 0 Å². The highest BCUT2D eigenvalue weighted by molar-refractivity contribution is 5.82. The van der Waals surface area contributed by atoms with Crippen LogP contribution < -0.4 is 0 Å². The van der Waals surface area contributed by atoms with Crippen LogP contribution in [0.2, 0.25) is 0 Å². The Morgan fingerprint density at radius 1 is 1.71 bits per heavy atom. The molecular formula is C8H13N3O3. The van der Waals surface area contributed by atoms with Crippen molar-refractivity contribution in [2.24, 2.45) is 5.11 Å². The van der Waals surface area contributed by atoms with E-state index in [0.717, 1.165) is 12.8 Å². The van der Waals surface area contributed by atoms with Crippen LogP contribution in [0.3, 0.4) is 0 Å². The summed E-state index contributed by atoms with van der Waals surface area (Å²) < 4.78 is 4.55. The van der Waals surface area contributed by atoms with E-state index in [0.29, 0.717) is 12.8 Å². The Hall–Kier alpha value is -1.26. The molecule has 0 radical (unpaired) electrons. The summed E-state index contributed by atoms with van der Waals surface area (Å²) in [6.45, 7) is 0. The van der Waals surface area contributed by atoms with Gasteiger partial charge < -0.3 is 9.84 Å². The van der Waals surface area contributed by atoms with Crippen LogP contribution in [0.25, 0.3) is 10.4 Å². The van der Waals surface area contributed by atoms with E-state index >= 15 is 0 Å². The third kappa shape index (κ3) is 1.66. The number of azide groups is 1. The molecule has 0 amide bonds. The summed E-state index contributed by atoms with van der Waals surface area (Å²) in [5.41, 5.74) is 6.98. The lowest BCUT2D eigenvalue weighted by Crippen LogP contribution is -2.50. The van der Waals surface area contributed by atoms with Crippen molar-refractivity contribution in [3.8, 4) is 0 Å². The second-order valence-corrected chi connectivity index (χ2v) is 3.37. The fourth-order valence-corrected chi connectivity index (χ4v) is 1.79. The molecule has 0 aromatic heterocycles. The Morgan fingerprint density at radius 2 is 2.43 bits per heavy atom. The van der Waals surface area contributed by atoms with Crippen molar-refractivity contribution >= 4 is 5.97 Å². The number of aliphatic hydroxyl groups is 1. The first-order chi connectivity index (χ1) is 6.67. The van der Waals surface area contributed by atoms with Crippen LogP contribution in [0.4, 0.5) is 0 Å². The fourth-order valence-electron chi connectivity index (χ4n) is 1.79. The monoisotopic (exact) mass is 199 g/mol. The molecule has 0 aromatic rings. The summed E-state index contributed by atoms with van der Waals surface area (Å²) in [4.78, 5) is 14.1. The molecule has 1 rings (SSSR count). The van der Waals surface area contributed by atoms with Gasteiger partial charge in [0, 0.05) is 4.91 Å².